The molecule has 2 aromatic carbocycles. The number of primary amides is 1. The Balaban J connectivity index is 2.43. The number of amides is 4. The fourth-order valence-corrected chi connectivity index (χ4v) is 3.66. The highest BCUT2D eigenvalue weighted by molar-refractivity contribution is 5.93. The molecule has 9 nitrogen and oxygen atoms in total. The molecule has 0 bridgehead atoms. The number of nitrogens with one attached hydrogen (secondary N) is 2. The lowest BCUT2D eigenvalue weighted by Gasteiger charge is -2.30. The highest BCUT2D eigenvalue weighted by Gasteiger charge is 2.36. The first-order valence-corrected chi connectivity index (χ1v) is 12.3. The van der Waals surface area contributed by atoms with Crippen molar-refractivity contribution in [3.8, 4) is 12.5 Å². The molecule has 9 heteroatoms. The van der Waals surface area contributed by atoms with Gasteiger partial charge in [0.15, 0.2) is 0 Å². The Bertz CT molecular complexity index is 1200. The van der Waals surface area contributed by atoms with Gasteiger partial charge in [0.1, 0.15) is 17.7 Å². The third-order valence-corrected chi connectivity index (χ3v) is 5.71. The molecule has 0 spiro atoms. The van der Waals surface area contributed by atoms with Crippen LogP contribution in [0.1, 0.15) is 61.9 Å². The molecule has 0 aliphatic carbocycles. The van der Waals surface area contributed by atoms with Crippen LogP contribution in [0.4, 0.5) is 4.79 Å². The van der Waals surface area contributed by atoms with Crippen LogP contribution in [0.15, 0.2) is 48.5 Å². The highest BCUT2D eigenvalue weighted by Crippen LogP contribution is 2.25. The van der Waals surface area contributed by atoms with Crippen molar-refractivity contribution in [3.05, 3.63) is 70.8 Å². The van der Waals surface area contributed by atoms with Crippen LogP contribution in [0.3, 0.4) is 0 Å². The summed E-state index contributed by atoms with van der Waals surface area (Å²) in [6, 6.07) is 14.5. The lowest BCUT2D eigenvalue weighted by molar-refractivity contribution is -0.139. The Kier molecular flexibility index (Phi) is 10.5. The van der Waals surface area contributed by atoms with Crippen molar-refractivity contribution in [1.29, 1.82) is 0 Å². The van der Waals surface area contributed by atoms with Gasteiger partial charge in [-0.1, -0.05) is 55.0 Å². The smallest absolute Gasteiger partial charge is 0.408 e. The second-order valence-corrected chi connectivity index (χ2v) is 9.99. The van der Waals surface area contributed by atoms with E-state index in [1.54, 1.807) is 32.9 Å². The van der Waals surface area contributed by atoms with Crippen LogP contribution >= 0.6 is 0 Å². The van der Waals surface area contributed by atoms with E-state index in [0.717, 1.165) is 21.6 Å². The van der Waals surface area contributed by atoms with Gasteiger partial charge in [-0.25, -0.2) is 4.79 Å². The van der Waals surface area contributed by atoms with Crippen molar-refractivity contribution in [2.45, 2.75) is 71.7 Å². The maximum Gasteiger partial charge on any atom is 0.408 e. The SMILES string of the molecule is C#CN(C(=O)C(CCC(N)=O)NC(=O)OC(C)(C)C)C(C(=O)NCc1ccccc1)c1ccc(C)c(C)c1. The average Bonchev–Trinajstić information content (AvgIpc) is 2.84. The van der Waals surface area contributed by atoms with Crippen molar-refractivity contribution >= 4 is 23.8 Å². The summed E-state index contributed by atoms with van der Waals surface area (Å²) in [7, 11) is 0. The third kappa shape index (κ3) is 8.96. The first-order chi connectivity index (χ1) is 17.8. The van der Waals surface area contributed by atoms with Gasteiger partial charge in [-0.3, -0.25) is 19.3 Å². The Labute approximate surface area is 224 Å². The monoisotopic (exact) mass is 520 g/mol. The molecule has 0 saturated heterocycles. The summed E-state index contributed by atoms with van der Waals surface area (Å²) in [4.78, 5) is 52.2. The second kappa shape index (κ2) is 13.3. The number of carbonyl (C=O) groups excluding carboxylic acids is 4. The summed E-state index contributed by atoms with van der Waals surface area (Å²) in [6.45, 7) is 9.06. The van der Waals surface area contributed by atoms with Gasteiger partial charge in [0, 0.05) is 19.0 Å². The molecular weight excluding hydrogens is 484 g/mol. The number of carbonyl (C=O) groups is 4. The largest absolute Gasteiger partial charge is 0.444 e. The number of nitrogens with two attached hydrogens (primary N) is 1. The quantitative estimate of drug-likeness (QED) is 0.327. The minimum atomic E-state index is -1.26. The number of benzene rings is 2. The van der Waals surface area contributed by atoms with Crippen LogP contribution in [-0.2, 0) is 25.7 Å². The minimum Gasteiger partial charge on any atom is -0.444 e. The maximum absolute atomic E-state index is 13.7. The zero-order valence-corrected chi connectivity index (χ0v) is 22.5. The first kappa shape index (κ1) is 29.9. The number of hydrogen-bond donors (Lipinski definition) is 3. The van der Waals surface area contributed by atoms with Crippen LogP contribution in [0.25, 0.3) is 0 Å². The van der Waals surface area contributed by atoms with Gasteiger partial charge in [0.25, 0.3) is 5.91 Å². The molecule has 202 valence electrons. The molecule has 38 heavy (non-hydrogen) atoms. The molecule has 2 rings (SSSR count). The maximum atomic E-state index is 13.7. The lowest BCUT2D eigenvalue weighted by atomic mass is 9.98. The third-order valence-electron chi connectivity index (χ3n) is 5.71. The van der Waals surface area contributed by atoms with Crippen molar-refractivity contribution in [2.24, 2.45) is 5.73 Å². The molecule has 2 atom stereocenters. The van der Waals surface area contributed by atoms with Crippen molar-refractivity contribution in [1.82, 2.24) is 15.5 Å². The van der Waals surface area contributed by atoms with Crippen molar-refractivity contribution < 1.29 is 23.9 Å². The van der Waals surface area contributed by atoms with E-state index in [0.29, 0.717) is 5.56 Å². The van der Waals surface area contributed by atoms with E-state index in [1.165, 1.54) is 0 Å². The zero-order chi connectivity index (χ0) is 28.5. The Morgan fingerprint density at radius 1 is 1.05 bits per heavy atom. The van der Waals surface area contributed by atoms with Crippen LogP contribution in [0, 0.1) is 26.3 Å². The van der Waals surface area contributed by atoms with Gasteiger partial charge in [0.2, 0.25) is 11.8 Å². The summed E-state index contributed by atoms with van der Waals surface area (Å²) in [6.07, 6.45) is 4.60. The van der Waals surface area contributed by atoms with Gasteiger partial charge in [0.05, 0.1) is 0 Å². The molecule has 2 unspecified atom stereocenters. The predicted molar refractivity (Wildman–Crippen MR) is 144 cm³/mol. The topological polar surface area (TPSA) is 131 Å². The normalized spacial score (nSPS) is 12.4. The van der Waals surface area contributed by atoms with Crippen LogP contribution in [-0.4, -0.2) is 40.4 Å². The van der Waals surface area contributed by atoms with Gasteiger partial charge in [-0.2, -0.15) is 0 Å². The lowest BCUT2D eigenvalue weighted by Crippen LogP contribution is -2.51. The predicted octanol–water partition coefficient (Wildman–Crippen LogP) is 3.24. The Hall–Kier alpha value is -4.32. The van der Waals surface area contributed by atoms with Crippen LogP contribution in [0.5, 0.6) is 0 Å². The number of rotatable bonds is 10. The fourth-order valence-electron chi connectivity index (χ4n) is 3.66. The molecule has 0 heterocycles. The van der Waals surface area contributed by atoms with E-state index < -0.39 is 41.5 Å². The Morgan fingerprint density at radius 2 is 1.71 bits per heavy atom. The number of alkyl carbamates (subject to hydrolysis) is 1. The standard InChI is InChI=1S/C29H36N4O5/c1-7-33(27(36)23(15-16-24(30)34)32-28(37)38-29(4,5)6)25(22-14-13-19(2)20(3)17-22)26(35)31-18-21-11-9-8-10-12-21/h1,8-14,17,23,25H,15-16,18H2,2-6H3,(H2,30,34)(H,31,35)(H,32,37). The summed E-state index contributed by atoms with van der Waals surface area (Å²) in [5.41, 5.74) is 7.74. The zero-order valence-electron chi connectivity index (χ0n) is 22.5. The molecule has 2 aromatic rings. The van der Waals surface area contributed by atoms with E-state index in [-0.39, 0.29) is 19.4 Å². The fraction of sp³-hybridized carbons (Fsp3) is 0.379. The number of hydrogen-bond acceptors (Lipinski definition) is 5. The van der Waals surface area contributed by atoms with Crippen molar-refractivity contribution in [3.63, 3.8) is 0 Å². The summed E-state index contributed by atoms with van der Waals surface area (Å²) >= 11 is 0. The van der Waals surface area contributed by atoms with Gasteiger partial charge < -0.3 is 21.1 Å². The minimum absolute atomic E-state index is 0.128. The van der Waals surface area contributed by atoms with Gasteiger partial charge in [-0.05, 0) is 63.3 Å². The summed E-state index contributed by atoms with van der Waals surface area (Å²) in [5.74, 6) is -1.92. The molecule has 4 amide bonds. The molecule has 0 aliphatic heterocycles. The highest BCUT2D eigenvalue weighted by atomic mass is 16.6. The molecule has 0 radical (unpaired) electrons. The summed E-state index contributed by atoms with van der Waals surface area (Å²) < 4.78 is 5.28. The number of ether oxygens (including phenoxy) is 1. The van der Waals surface area contributed by atoms with Gasteiger partial charge >= 0.3 is 6.09 Å². The molecule has 0 fully saturated rings. The summed E-state index contributed by atoms with van der Waals surface area (Å²) in [5, 5.41) is 5.33. The van der Waals surface area contributed by atoms with E-state index in [2.05, 4.69) is 16.7 Å². The second-order valence-electron chi connectivity index (χ2n) is 9.99. The van der Waals surface area contributed by atoms with Crippen molar-refractivity contribution in [2.75, 3.05) is 0 Å². The molecule has 4 N–H and O–H groups in total. The number of nitrogens with zero attached hydrogens (tertiary/aromatic N) is 1. The first-order valence-electron chi connectivity index (χ1n) is 12.3. The number of aryl methyl sites for hydroxylation is 2. The average molecular weight is 521 g/mol. The molecule has 0 aliphatic rings. The molecule has 0 saturated carbocycles. The van der Waals surface area contributed by atoms with E-state index in [4.69, 9.17) is 16.9 Å². The van der Waals surface area contributed by atoms with E-state index >= 15 is 0 Å². The Morgan fingerprint density at radius 3 is 2.26 bits per heavy atom. The van der Waals surface area contributed by atoms with E-state index in [9.17, 15) is 19.2 Å². The van der Waals surface area contributed by atoms with E-state index in [1.807, 2.05) is 50.2 Å². The van der Waals surface area contributed by atoms with Crippen LogP contribution < -0.4 is 16.4 Å². The van der Waals surface area contributed by atoms with Gasteiger partial charge in [-0.15, -0.1) is 0 Å². The molecule has 0 aromatic heterocycles. The van der Waals surface area contributed by atoms with Crippen LogP contribution in [0.2, 0.25) is 0 Å². The number of terminal acetylenes is 1. The molecular formula is C29H36N4O5.